The number of benzene rings is 1. The van der Waals surface area contributed by atoms with Crippen LogP contribution in [0.2, 0.25) is 0 Å². The number of amides is 1. The van der Waals surface area contributed by atoms with E-state index >= 15 is 0 Å². The molecule has 120 valence electrons. The summed E-state index contributed by atoms with van der Waals surface area (Å²) in [6.45, 7) is 2.79. The van der Waals surface area contributed by atoms with Crippen LogP contribution < -0.4 is 10.6 Å². The molecule has 1 atom stereocenters. The van der Waals surface area contributed by atoms with Gasteiger partial charge in [0.25, 0.3) is 0 Å². The average Bonchev–Trinajstić information content (AvgIpc) is 2.53. The van der Waals surface area contributed by atoms with Crippen LogP contribution in [0.5, 0.6) is 0 Å². The number of fused-ring (bicyclic) bond motifs is 1. The van der Waals surface area contributed by atoms with Crippen LogP contribution in [0.25, 0.3) is 0 Å². The van der Waals surface area contributed by atoms with Crippen LogP contribution in [0.3, 0.4) is 0 Å². The minimum atomic E-state index is -0.533. The van der Waals surface area contributed by atoms with E-state index < -0.39 is 5.60 Å². The second-order valence-corrected chi connectivity index (χ2v) is 6.85. The molecular formula is C18H26N2O2. The molecule has 4 heteroatoms. The van der Waals surface area contributed by atoms with E-state index in [1.54, 1.807) is 0 Å². The zero-order valence-electron chi connectivity index (χ0n) is 13.3. The lowest BCUT2D eigenvalue weighted by Gasteiger charge is -2.33. The van der Waals surface area contributed by atoms with E-state index in [2.05, 4.69) is 29.7 Å². The number of aliphatic hydroxyl groups is 1. The quantitative estimate of drug-likeness (QED) is 0.801. The number of rotatable bonds is 4. The molecule has 1 aliphatic carbocycles. The van der Waals surface area contributed by atoms with E-state index in [9.17, 15) is 9.90 Å². The van der Waals surface area contributed by atoms with Crippen molar-refractivity contribution in [3.05, 3.63) is 29.3 Å². The number of nitrogens with one attached hydrogen (secondary N) is 2. The van der Waals surface area contributed by atoms with Crippen LogP contribution in [0, 0.1) is 0 Å². The second-order valence-electron chi connectivity index (χ2n) is 6.85. The third-order valence-corrected chi connectivity index (χ3v) is 5.05. The van der Waals surface area contributed by atoms with Crippen molar-refractivity contribution in [1.82, 2.24) is 5.32 Å². The van der Waals surface area contributed by atoms with Gasteiger partial charge in [-0.05, 0) is 43.4 Å². The van der Waals surface area contributed by atoms with Crippen LogP contribution in [-0.2, 0) is 11.2 Å². The first kappa shape index (κ1) is 15.5. The summed E-state index contributed by atoms with van der Waals surface area (Å²) in [6.07, 6.45) is 6.69. The summed E-state index contributed by atoms with van der Waals surface area (Å²) in [4.78, 5) is 11.4. The van der Waals surface area contributed by atoms with Gasteiger partial charge in [-0.25, -0.2) is 0 Å². The molecule has 1 unspecified atom stereocenters. The minimum absolute atomic E-state index is 0.103. The Bertz CT molecular complexity index is 550. The lowest BCUT2D eigenvalue weighted by atomic mass is 9.84. The maximum atomic E-state index is 11.4. The first-order chi connectivity index (χ1) is 10.6. The molecule has 1 aromatic rings. The largest absolute Gasteiger partial charge is 0.389 e. The Morgan fingerprint density at radius 1 is 1.27 bits per heavy atom. The lowest BCUT2D eigenvalue weighted by molar-refractivity contribution is -0.116. The van der Waals surface area contributed by atoms with Gasteiger partial charge in [-0.15, -0.1) is 0 Å². The summed E-state index contributed by atoms with van der Waals surface area (Å²) in [5.41, 5.74) is 2.84. The van der Waals surface area contributed by atoms with E-state index in [1.165, 1.54) is 17.5 Å². The van der Waals surface area contributed by atoms with E-state index in [0.29, 0.717) is 13.0 Å². The summed E-state index contributed by atoms with van der Waals surface area (Å²) in [5, 5.41) is 17.0. The Balaban J connectivity index is 1.62. The number of anilines is 1. The molecule has 1 amide bonds. The van der Waals surface area contributed by atoms with Gasteiger partial charge in [-0.3, -0.25) is 4.79 Å². The Labute approximate surface area is 132 Å². The molecular weight excluding hydrogens is 276 g/mol. The normalized spacial score (nSPS) is 21.8. The lowest BCUT2D eigenvalue weighted by Crippen LogP contribution is -2.42. The maximum Gasteiger partial charge on any atom is 0.224 e. The van der Waals surface area contributed by atoms with Crippen molar-refractivity contribution >= 4 is 11.6 Å². The summed E-state index contributed by atoms with van der Waals surface area (Å²) in [7, 11) is 0. The van der Waals surface area contributed by atoms with Crippen molar-refractivity contribution in [3.63, 3.8) is 0 Å². The Kier molecular flexibility index (Phi) is 4.50. The predicted octanol–water partition coefficient (Wildman–Crippen LogP) is 2.92. The molecule has 1 aromatic carbocycles. The van der Waals surface area contributed by atoms with E-state index in [4.69, 9.17) is 0 Å². The molecule has 3 rings (SSSR count). The molecule has 0 spiro atoms. The van der Waals surface area contributed by atoms with E-state index in [0.717, 1.165) is 37.8 Å². The smallest absolute Gasteiger partial charge is 0.224 e. The molecule has 0 aromatic heterocycles. The summed E-state index contributed by atoms with van der Waals surface area (Å²) in [6, 6.07) is 6.44. The van der Waals surface area contributed by atoms with Gasteiger partial charge >= 0.3 is 0 Å². The summed E-state index contributed by atoms with van der Waals surface area (Å²) in [5.74, 6) is 0.103. The molecule has 4 nitrogen and oxygen atoms in total. The maximum absolute atomic E-state index is 11.4. The zero-order valence-corrected chi connectivity index (χ0v) is 13.3. The van der Waals surface area contributed by atoms with Crippen molar-refractivity contribution in [1.29, 1.82) is 0 Å². The molecule has 3 N–H and O–H groups in total. The van der Waals surface area contributed by atoms with Crippen molar-refractivity contribution in [2.45, 2.75) is 63.5 Å². The highest BCUT2D eigenvalue weighted by Crippen LogP contribution is 2.29. The van der Waals surface area contributed by atoms with Crippen LogP contribution in [0.1, 0.15) is 62.6 Å². The fraction of sp³-hybridized carbons (Fsp3) is 0.611. The Morgan fingerprint density at radius 2 is 2.05 bits per heavy atom. The highest BCUT2D eigenvalue weighted by Gasteiger charge is 2.29. The molecule has 1 heterocycles. The van der Waals surface area contributed by atoms with Gasteiger partial charge in [0.1, 0.15) is 0 Å². The number of hydrogen-bond acceptors (Lipinski definition) is 3. The Morgan fingerprint density at radius 3 is 2.82 bits per heavy atom. The highest BCUT2D eigenvalue weighted by atomic mass is 16.3. The second kappa shape index (κ2) is 6.39. The number of hydrogen-bond donors (Lipinski definition) is 3. The monoisotopic (exact) mass is 302 g/mol. The van der Waals surface area contributed by atoms with Crippen LogP contribution in [0.15, 0.2) is 18.2 Å². The molecule has 1 aliphatic heterocycles. The average molecular weight is 302 g/mol. The Hall–Kier alpha value is -1.39. The van der Waals surface area contributed by atoms with Crippen LogP contribution in [-0.4, -0.2) is 23.2 Å². The fourth-order valence-electron chi connectivity index (χ4n) is 3.52. The van der Waals surface area contributed by atoms with Gasteiger partial charge in [-0.1, -0.05) is 31.4 Å². The van der Waals surface area contributed by atoms with Gasteiger partial charge in [0.2, 0.25) is 5.91 Å². The highest BCUT2D eigenvalue weighted by molar-refractivity contribution is 5.93. The molecule has 2 aliphatic rings. The number of aryl methyl sites for hydroxylation is 1. The number of carbonyl (C=O) groups is 1. The molecule has 1 saturated carbocycles. The van der Waals surface area contributed by atoms with Gasteiger partial charge in [0, 0.05) is 24.7 Å². The summed E-state index contributed by atoms with van der Waals surface area (Å²) >= 11 is 0. The molecule has 1 fully saturated rings. The van der Waals surface area contributed by atoms with Gasteiger partial charge in [0.15, 0.2) is 0 Å². The minimum Gasteiger partial charge on any atom is -0.389 e. The topological polar surface area (TPSA) is 61.4 Å². The van der Waals surface area contributed by atoms with Gasteiger partial charge < -0.3 is 15.7 Å². The fourth-order valence-corrected chi connectivity index (χ4v) is 3.52. The van der Waals surface area contributed by atoms with Crippen molar-refractivity contribution in [3.8, 4) is 0 Å². The third kappa shape index (κ3) is 3.50. The van der Waals surface area contributed by atoms with Crippen LogP contribution >= 0.6 is 0 Å². The van der Waals surface area contributed by atoms with E-state index in [1.807, 2.05) is 6.07 Å². The van der Waals surface area contributed by atoms with Crippen LogP contribution in [0.4, 0.5) is 5.69 Å². The first-order valence-corrected chi connectivity index (χ1v) is 8.44. The molecule has 0 bridgehead atoms. The standard InChI is InChI=1S/C18H26N2O2/c1-13(19-12-18(22)9-3-2-4-10-18)14-5-7-16-15(11-14)6-8-17(21)20-16/h5,7,11,13,19,22H,2-4,6,8-10,12H2,1H3,(H,20,21). The summed E-state index contributed by atoms with van der Waals surface area (Å²) < 4.78 is 0. The molecule has 0 saturated heterocycles. The van der Waals surface area contributed by atoms with Gasteiger partial charge in [0.05, 0.1) is 5.60 Å². The molecule has 0 radical (unpaired) electrons. The number of carbonyl (C=O) groups excluding carboxylic acids is 1. The van der Waals surface area contributed by atoms with Gasteiger partial charge in [-0.2, -0.15) is 0 Å². The molecule has 22 heavy (non-hydrogen) atoms. The first-order valence-electron chi connectivity index (χ1n) is 8.44. The zero-order chi connectivity index (χ0) is 15.6. The van der Waals surface area contributed by atoms with Crippen molar-refractivity contribution in [2.24, 2.45) is 0 Å². The van der Waals surface area contributed by atoms with Crippen molar-refractivity contribution in [2.75, 3.05) is 11.9 Å². The van der Waals surface area contributed by atoms with Crippen molar-refractivity contribution < 1.29 is 9.90 Å². The van der Waals surface area contributed by atoms with E-state index in [-0.39, 0.29) is 11.9 Å². The predicted molar refractivity (Wildman–Crippen MR) is 87.8 cm³/mol. The SMILES string of the molecule is CC(NCC1(O)CCCCC1)c1ccc2c(c1)CCC(=O)N2. The third-order valence-electron chi connectivity index (χ3n) is 5.05.